The molecule has 3 rings (SSSR count). The minimum absolute atomic E-state index is 0.131. The summed E-state index contributed by atoms with van der Waals surface area (Å²) in [5.41, 5.74) is 0.777. The molecule has 2 aromatic carbocycles. The lowest BCUT2D eigenvalue weighted by Crippen LogP contribution is -2.53. The molecule has 0 saturated carbocycles. The topological polar surface area (TPSA) is 78.5 Å². The first-order valence-electron chi connectivity index (χ1n) is 10.3. The van der Waals surface area contributed by atoms with E-state index in [1.54, 1.807) is 41.3 Å². The SMILES string of the molecule is C=CCNC(=O)[C@H](NC(=O)c1ccccc1)C1CCN(C(=O)c2cccc(F)c2)CC1. The van der Waals surface area contributed by atoms with E-state index in [0.29, 0.717) is 43.6 Å². The fraction of sp³-hybridized carbons (Fsp3) is 0.292. The molecule has 1 aliphatic heterocycles. The van der Waals surface area contributed by atoms with Gasteiger partial charge in [-0.3, -0.25) is 14.4 Å². The minimum atomic E-state index is -0.723. The predicted molar refractivity (Wildman–Crippen MR) is 116 cm³/mol. The van der Waals surface area contributed by atoms with E-state index in [1.165, 1.54) is 18.2 Å². The summed E-state index contributed by atoms with van der Waals surface area (Å²) in [7, 11) is 0. The molecule has 2 aromatic rings. The van der Waals surface area contributed by atoms with Crippen molar-refractivity contribution >= 4 is 17.7 Å². The van der Waals surface area contributed by atoms with E-state index in [2.05, 4.69) is 17.2 Å². The summed E-state index contributed by atoms with van der Waals surface area (Å²) >= 11 is 0. The molecule has 31 heavy (non-hydrogen) atoms. The molecule has 6 nitrogen and oxygen atoms in total. The molecule has 2 N–H and O–H groups in total. The van der Waals surface area contributed by atoms with Crippen LogP contribution in [0, 0.1) is 11.7 Å². The van der Waals surface area contributed by atoms with Gasteiger partial charge in [-0.05, 0) is 49.1 Å². The third kappa shape index (κ3) is 5.78. The van der Waals surface area contributed by atoms with Crippen molar-refractivity contribution in [3.05, 3.63) is 84.2 Å². The van der Waals surface area contributed by atoms with E-state index < -0.39 is 11.9 Å². The largest absolute Gasteiger partial charge is 0.351 e. The van der Waals surface area contributed by atoms with Gasteiger partial charge in [0.1, 0.15) is 11.9 Å². The number of hydrogen-bond donors (Lipinski definition) is 2. The Balaban J connectivity index is 1.67. The summed E-state index contributed by atoms with van der Waals surface area (Å²) in [5, 5.41) is 5.62. The predicted octanol–water partition coefficient (Wildman–Crippen LogP) is 2.78. The molecule has 0 unspecified atom stereocenters. The first-order valence-corrected chi connectivity index (χ1v) is 10.3. The lowest BCUT2D eigenvalue weighted by atomic mass is 9.88. The third-order valence-electron chi connectivity index (χ3n) is 5.40. The Kier molecular flexibility index (Phi) is 7.54. The number of nitrogens with one attached hydrogen (secondary N) is 2. The van der Waals surface area contributed by atoms with Gasteiger partial charge in [-0.2, -0.15) is 0 Å². The molecule has 0 bridgehead atoms. The van der Waals surface area contributed by atoms with E-state index in [1.807, 2.05) is 6.07 Å². The highest BCUT2D eigenvalue weighted by atomic mass is 19.1. The molecule has 0 radical (unpaired) electrons. The maximum atomic E-state index is 13.5. The summed E-state index contributed by atoms with van der Waals surface area (Å²) in [6.45, 7) is 4.75. The first-order chi connectivity index (χ1) is 15.0. The highest BCUT2D eigenvalue weighted by Crippen LogP contribution is 2.23. The lowest BCUT2D eigenvalue weighted by molar-refractivity contribution is -0.124. The average Bonchev–Trinajstić information content (AvgIpc) is 2.81. The number of carbonyl (C=O) groups excluding carboxylic acids is 3. The maximum Gasteiger partial charge on any atom is 0.253 e. The van der Waals surface area contributed by atoms with Gasteiger partial charge in [0.15, 0.2) is 0 Å². The van der Waals surface area contributed by atoms with Crippen LogP contribution in [-0.2, 0) is 4.79 Å². The third-order valence-corrected chi connectivity index (χ3v) is 5.40. The summed E-state index contributed by atoms with van der Waals surface area (Å²) in [6.07, 6.45) is 2.67. The van der Waals surface area contributed by atoms with Crippen LogP contribution < -0.4 is 10.6 Å². The number of rotatable bonds is 7. The van der Waals surface area contributed by atoms with Crippen LogP contribution >= 0.6 is 0 Å². The van der Waals surface area contributed by atoms with Crippen LogP contribution in [0.25, 0.3) is 0 Å². The smallest absolute Gasteiger partial charge is 0.253 e. The Hall–Kier alpha value is -3.48. The fourth-order valence-corrected chi connectivity index (χ4v) is 3.73. The quantitative estimate of drug-likeness (QED) is 0.673. The zero-order valence-electron chi connectivity index (χ0n) is 17.2. The number of hydrogen-bond acceptors (Lipinski definition) is 3. The van der Waals surface area contributed by atoms with E-state index in [4.69, 9.17) is 0 Å². The fourth-order valence-electron chi connectivity index (χ4n) is 3.73. The maximum absolute atomic E-state index is 13.5. The van der Waals surface area contributed by atoms with Gasteiger partial charge in [-0.1, -0.05) is 30.3 Å². The van der Waals surface area contributed by atoms with E-state index in [-0.39, 0.29) is 23.6 Å². The number of carbonyl (C=O) groups is 3. The normalized spacial score (nSPS) is 15.1. The van der Waals surface area contributed by atoms with Crippen molar-refractivity contribution in [3.63, 3.8) is 0 Å². The Morgan fingerprint density at radius 3 is 2.39 bits per heavy atom. The van der Waals surface area contributed by atoms with Crippen molar-refractivity contribution in [2.45, 2.75) is 18.9 Å². The lowest BCUT2D eigenvalue weighted by Gasteiger charge is -2.35. The molecule has 1 fully saturated rings. The monoisotopic (exact) mass is 423 g/mol. The number of benzene rings is 2. The summed E-state index contributed by atoms with van der Waals surface area (Å²) in [4.78, 5) is 39.7. The Bertz CT molecular complexity index is 940. The van der Waals surface area contributed by atoms with Crippen LogP contribution in [0.5, 0.6) is 0 Å². The molecule has 0 spiro atoms. The van der Waals surface area contributed by atoms with Crippen molar-refractivity contribution in [2.24, 2.45) is 5.92 Å². The zero-order chi connectivity index (χ0) is 22.2. The van der Waals surface area contributed by atoms with Crippen molar-refractivity contribution in [1.82, 2.24) is 15.5 Å². The number of likely N-dealkylation sites (tertiary alicyclic amines) is 1. The van der Waals surface area contributed by atoms with Crippen LogP contribution in [0.4, 0.5) is 4.39 Å². The van der Waals surface area contributed by atoms with Crippen LogP contribution in [0.1, 0.15) is 33.6 Å². The van der Waals surface area contributed by atoms with Gasteiger partial charge >= 0.3 is 0 Å². The second-order valence-electron chi connectivity index (χ2n) is 7.49. The molecule has 1 heterocycles. The van der Waals surface area contributed by atoms with Crippen molar-refractivity contribution in [1.29, 1.82) is 0 Å². The van der Waals surface area contributed by atoms with Gasteiger partial charge in [0.2, 0.25) is 5.91 Å². The van der Waals surface area contributed by atoms with Gasteiger partial charge in [0, 0.05) is 30.8 Å². The number of halogens is 1. The van der Waals surface area contributed by atoms with Crippen LogP contribution in [0.15, 0.2) is 67.3 Å². The van der Waals surface area contributed by atoms with E-state index >= 15 is 0 Å². The van der Waals surface area contributed by atoms with Gasteiger partial charge in [-0.15, -0.1) is 6.58 Å². The van der Waals surface area contributed by atoms with Crippen LogP contribution in [0.3, 0.4) is 0 Å². The molecule has 1 aliphatic rings. The Labute approximate surface area is 181 Å². The van der Waals surface area contributed by atoms with Gasteiger partial charge in [-0.25, -0.2) is 4.39 Å². The molecule has 1 atom stereocenters. The molecule has 1 saturated heterocycles. The average molecular weight is 423 g/mol. The molecular weight excluding hydrogens is 397 g/mol. The number of piperidine rings is 1. The highest BCUT2D eigenvalue weighted by molar-refractivity contribution is 5.97. The van der Waals surface area contributed by atoms with E-state index in [0.717, 1.165) is 0 Å². The molecule has 162 valence electrons. The number of nitrogens with zero attached hydrogens (tertiary/aromatic N) is 1. The van der Waals surface area contributed by atoms with Crippen LogP contribution in [0.2, 0.25) is 0 Å². The van der Waals surface area contributed by atoms with Crippen molar-refractivity contribution < 1.29 is 18.8 Å². The van der Waals surface area contributed by atoms with Crippen LogP contribution in [-0.4, -0.2) is 48.3 Å². The summed E-state index contributed by atoms with van der Waals surface area (Å²) < 4.78 is 13.5. The summed E-state index contributed by atoms with van der Waals surface area (Å²) in [5.74, 6) is -1.42. The molecule has 7 heteroatoms. The molecule has 3 amide bonds. The number of amides is 3. The first kappa shape index (κ1) is 22.2. The minimum Gasteiger partial charge on any atom is -0.351 e. The second kappa shape index (κ2) is 10.5. The summed E-state index contributed by atoms with van der Waals surface area (Å²) in [6, 6.07) is 13.6. The van der Waals surface area contributed by atoms with Crippen molar-refractivity contribution in [2.75, 3.05) is 19.6 Å². The highest BCUT2D eigenvalue weighted by Gasteiger charge is 2.34. The molecular formula is C24H26FN3O3. The van der Waals surface area contributed by atoms with Crippen molar-refractivity contribution in [3.8, 4) is 0 Å². The van der Waals surface area contributed by atoms with E-state index in [9.17, 15) is 18.8 Å². The standard InChI is InChI=1S/C24H26FN3O3/c1-2-13-26-23(30)21(27-22(29)18-7-4-3-5-8-18)17-11-14-28(15-12-17)24(31)19-9-6-10-20(25)16-19/h2-10,16-17,21H,1,11-15H2,(H,26,30)(H,27,29)/t21-/m1/s1. The molecule has 0 aromatic heterocycles. The molecule has 0 aliphatic carbocycles. The zero-order valence-corrected chi connectivity index (χ0v) is 17.2. The Morgan fingerprint density at radius 2 is 1.74 bits per heavy atom. The van der Waals surface area contributed by atoms with Gasteiger partial charge in [0.05, 0.1) is 0 Å². The Morgan fingerprint density at radius 1 is 1.06 bits per heavy atom. The van der Waals surface area contributed by atoms with Gasteiger partial charge in [0.25, 0.3) is 11.8 Å². The second-order valence-corrected chi connectivity index (χ2v) is 7.49. The van der Waals surface area contributed by atoms with Gasteiger partial charge < -0.3 is 15.5 Å².